The molecular weight excluding hydrogens is 533 g/mol. The smallest absolute Gasteiger partial charge is 0.341 e. The first-order chi connectivity index (χ1) is 17.2. The molecule has 0 radical (unpaired) electrons. The molecule has 3 rings (SSSR count). The number of nitrogens with two attached hydrogens (primary N) is 1. The number of ether oxygens (including phenoxy) is 2. The quantitative estimate of drug-likeness (QED) is 0.267. The number of hydrogen-bond acceptors (Lipinski definition) is 9. The summed E-state index contributed by atoms with van der Waals surface area (Å²) in [6.07, 6.45) is 0. The Morgan fingerprint density at radius 1 is 1.28 bits per heavy atom. The van der Waals surface area contributed by atoms with E-state index in [0.29, 0.717) is 28.8 Å². The van der Waals surface area contributed by atoms with Gasteiger partial charge < -0.3 is 25.1 Å². The highest BCUT2D eigenvalue weighted by atomic mass is 35.5. The average molecular weight is 556 g/mol. The minimum absolute atomic E-state index is 0.0339. The predicted octanol–water partition coefficient (Wildman–Crippen LogP) is 4.05. The third-order valence-electron chi connectivity index (χ3n) is 4.80. The summed E-state index contributed by atoms with van der Waals surface area (Å²) in [4.78, 5) is 36.9. The van der Waals surface area contributed by atoms with E-state index < -0.39 is 23.6 Å². The van der Waals surface area contributed by atoms with Gasteiger partial charge in [-0.3, -0.25) is 9.59 Å². The number of esters is 1. The van der Waals surface area contributed by atoms with Crippen LogP contribution < -0.4 is 15.8 Å². The molecule has 2 heterocycles. The summed E-state index contributed by atoms with van der Waals surface area (Å²) in [5, 5.41) is 11.7. The lowest BCUT2D eigenvalue weighted by Crippen LogP contribution is -2.17. The van der Waals surface area contributed by atoms with Crippen molar-refractivity contribution >= 4 is 57.5 Å². The van der Waals surface area contributed by atoms with Gasteiger partial charge in [-0.2, -0.15) is 0 Å². The molecular formula is C22H23ClFN5O5S2. The Hall–Kier alpha value is -3.16. The zero-order valence-corrected chi connectivity index (χ0v) is 22.0. The van der Waals surface area contributed by atoms with Crippen molar-refractivity contribution in [2.45, 2.75) is 39.1 Å². The number of primary amides is 1. The lowest BCUT2D eigenvalue weighted by molar-refractivity contribution is -0.113. The maximum absolute atomic E-state index is 13.2. The molecule has 0 saturated heterocycles. The van der Waals surface area contributed by atoms with Crippen LogP contribution in [0.25, 0.3) is 0 Å². The van der Waals surface area contributed by atoms with Crippen molar-refractivity contribution < 1.29 is 28.2 Å². The molecule has 192 valence electrons. The van der Waals surface area contributed by atoms with E-state index in [9.17, 15) is 18.8 Å². The lowest BCUT2D eigenvalue weighted by atomic mass is 10.1. The van der Waals surface area contributed by atoms with E-state index in [4.69, 9.17) is 26.8 Å². The summed E-state index contributed by atoms with van der Waals surface area (Å²) in [5.41, 5.74) is 5.85. The Labute approximate surface area is 219 Å². The number of carbonyl (C=O) groups is 3. The molecule has 3 N–H and O–H groups in total. The molecule has 10 nitrogen and oxygen atoms in total. The van der Waals surface area contributed by atoms with E-state index in [1.54, 1.807) is 18.4 Å². The molecule has 1 aromatic carbocycles. The zero-order chi connectivity index (χ0) is 26.4. The summed E-state index contributed by atoms with van der Waals surface area (Å²) in [5.74, 6) is -1.51. The highest BCUT2D eigenvalue weighted by molar-refractivity contribution is 7.99. The number of anilines is 1. The third kappa shape index (κ3) is 6.33. The zero-order valence-electron chi connectivity index (χ0n) is 19.6. The first-order valence-corrected chi connectivity index (χ1v) is 12.9. The fraction of sp³-hybridized carbons (Fsp3) is 0.318. The predicted molar refractivity (Wildman–Crippen MR) is 134 cm³/mol. The first-order valence-electron chi connectivity index (χ1n) is 10.7. The van der Waals surface area contributed by atoms with Gasteiger partial charge in [0.15, 0.2) is 11.0 Å². The van der Waals surface area contributed by atoms with Gasteiger partial charge in [0, 0.05) is 6.54 Å². The molecule has 0 unspecified atom stereocenters. The number of hydrogen-bond donors (Lipinski definition) is 2. The van der Waals surface area contributed by atoms with Crippen molar-refractivity contribution in [3.63, 3.8) is 0 Å². The number of halogens is 2. The fourth-order valence-corrected chi connectivity index (χ4v) is 5.27. The summed E-state index contributed by atoms with van der Waals surface area (Å²) in [6, 6.07) is 3.81. The second kappa shape index (κ2) is 12.2. The van der Waals surface area contributed by atoms with Crippen LogP contribution >= 0.6 is 34.7 Å². The fourth-order valence-electron chi connectivity index (χ4n) is 3.16. The molecule has 0 aliphatic carbocycles. The number of amides is 2. The van der Waals surface area contributed by atoms with E-state index in [2.05, 4.69) is 15.5 Å². The standard InChI is InChI=1S/C22H23ClFN5O5S2/c1-4-29-15(9-34-14-7-6-12(24)8-13(14)23)27-28-22(29)35-10-16(30)26-20-17(21(32)33-5-2)11(3)18(36-20)19(25)31/h6-8H,4-5,9-10H2,1-3H3,(H2,25,31)(H,26,30). The molecule has 0 saturated carbocycles. The van der Waals surface area contributed by atoms with Crippen molar-refractivity contribution in [2.75, 3.05) is 17.7 Å². The molecule has 3 aromatic rings. The van der Waals surface area contributed by atoms with Gasteiger partial charge in [-0.05, 0) is 44.5 Å². The van der Waals surface area contributed by atoms with Gasteiger partial charge in [0.25, 0.3) is 5.91 Å². The summed E-state index contributed by atoms with van der Waals surface area (Å²) in [6.45, 7) is 5.78. The molecule has 0 bridgehead atoms. The maximum Gasteiger partial charge on any atom is 0.341 e. The molecule has 0 aliphatic rings. The lowest BCUT2D eigenvalue weighted by Gasteiger charge is -2.10. The van der Waals surface area contributed by atoms with E-state index in [0.717, 1.165) is 29.2 Å². The van der Waals surface area contributed by atoms with Crippen LogP contribution in [0.3, 0.4) is 0 Å². The van der Waals surface area contributed by atoms with Crippen LogP contribution in [0.1, 0.15) is 45.3 Å². The number of aromatic nitrogens is 3. The molecule has 14 heteroatoms. The molecule has 0 fully saturated rings. The van der Waals surface area contributed by atoms with Crippen LogP contribution in [0.4, 0.5) is 9.39 Å². The number of carbonyl (C=O) groups excluding carboxylic acids is 3. The summed E-state index contributed by atoms with van der Waals surface area (Å²) >= 11 is 8.04. The van der Waals surface area contributed by atoms with Crippen molar-refractivity contribution in [3.8, 4) is 5.75 Å². The topological polar surface area (TPSA) is 138 Å². The SMILES string of the molecule is CCOC(=O)c1c(NC(=O)CSc2nnc(COc3ccc(F)cc3Cl)n2CC)sc(C(N)=O)c1C. The van der Waals surface area contributed by atoms with Crippen LogP contribution in [0.5, 0.6) is 5.75 Å². The highest BCUT2D eigenvalue weighted by Gasteiger charge is 2.26. The van der Waals surface area contributed by atoms with Gasteiger partial charge in [0.2, 0.25) is 5.91 Å². The second-order valence-electron chi connectivity index (χ2n) is 7.19. The van der Waals surface area contributed by atoms with Gasteiger partial charge in [-0.25, -0.2) is 9.18 Å². The number of rotatable bonds is 11. The molecule has 36 heavy (non-hydrogen) atoms. The largest absolute Gasteiger partial charge is 0.484 e. The Balaban J connectivity index is 1.68. The molecule has 0 aliphatic heterocycles. The van der Waals surface area contributed by atoms with Crippen LogP contribution in [0.2, 0.25) is 5.02 Å². The van der Waals surface area contributed by atoms with Gasteiger partial charge in [-0.15, -0.1) is 21.5 Å². The second-order valence-corrected chi connectivity index (χ2v) is 9.56. The van der Waals surface area contributed by atoms with Crippen molar-refractivity contribution in [3.05, 3.63) is 50.9 Å². The number of benzene rings is 1. The van der Waals surface area contributed by atoms with Crippen molar-refractivity contribution in [2.24, 2.45) is 5.73 Å². The van der Waals surface area contributed by atoms with Gasteiger partial charge in [-0.1, -0.05) is 23.4 Å². The van der Waals surface area contributed by atoms with Crippen LogP contribution in [-0.2, 0) is 22.7 Å². The van der Waals surface area contributed by atoms with Crippen molar-refractivity contribution in [1.82, 2.24) is 14.8 Å². The molecule has 2 aromatic heterocycles. The Bertz CT molecular complexity index is 1300. The van der Waals surface area contributed by atoms with Crippen LogP contribution in [0, 0.1) is 12.7 Å². The average Bonchev–Trinajstić information content (AvgIpc) is 3.37. The molecule has 2 amide bonds. The van der Waals surface area contributed by atoms with Gasteiger partial charge in [0.1, 0.15) is 23.2 Å². The Morgan fingerprint density at radius 2 is 2.03 bits per heavy atom. The molecule has 0 spiro atoms. The monoisotopic (exact) mass is 555 g/mol. The van der Waals surface area contributed by atoms with Crippen LogP contribution in [-0.4, -0.2) is 44.9 Å². The van der Waals surface area contributed by atoms with Crippen molar-refractivity contribution in [1.29, 1.82) is 0 Å². The normalized spacial score (nSPS) is 10.8. The van der Waals surface area contributed by atoms with E-state index >= 15 is 0 Å². The number of thiophene rings is 1. The van der Waals surface area contributed by atoms with Crippen LogP contribution in [0.15, 0.2) is 23.4 Å². The minimum atomic E-state index is -0.703. The third-order valence-corrected chi connectivity index (χ3v) is 7.28. The summed E-state index contributed by atoms with van der Waals surface area (Å²) in [7, 11) is 0. The first kappa shape index (κ1) is 27.4. The Morgan fingerprint density at radius 3 is 2.67 bits per heavy atom. The maximum atomic E-state index is 13.2. The van der Waals surface area contributed by atoms with E-state index in [1.165, 1.54) is 12.1 Å². The highest BCUT2D eigenvalue weighted by Crippen LogP contribution is 2.34. The van der Waals surface area contributed by atoms with Gasteiger partial charge in [0.05, 0.1) is 27.8 Å². The number of nitrogens with one attached hydrogen (secondary N) is 1. The minimum Gasteiger partial charge on any atom is -0.484 e. The molecule has 0 atom stereocenters. The number of nitrogens with zero attached hydrogens (tertiary/aromatic N) is 3. The van der Waals surface area contributed by atoms with E-state index in [-0.39, 0.29) is 39.4 Å². The van der Waals surface area contributed by atoms with Gasteiger partial charge >= 0.3 is 5.97 Å². The Kier molecular flexibility index (Phi) is 9.29. The summed E-state index contributed by atoms with van der Waals surface area (Å²) < 4.78 is 25.7. The van der Waals surface area contributed by atoms with E-state index in [1.807, 2.05) is 6.92 Å². The number of thioether (sulfide) groups is 1.